The number of carboxylic acids is 4. The molecule has 0 aliphatic carbocycles. The largest absolute Gasteiger partial charge is 0.544 e. The van der Waals surface area contributed by atoms with E-state index < -0.39 is 50.1 Å². The summed E-state index contributed by atoms with van der Waals surface area (Å²) in [5, 5.41) is 41.7. The molecule has 226 valence electrons. The van der Waals surface area contributed by atoms with Gasteiger partial charge in [0, 0.05) is 0 Å². The Balaban J connectivity index is -0.000000566. The molecule has 0 saturated carbocycles. The number of rotatable bonds is 11. The molecule has 0 radical (unpaired) electrons. The van der Waals surface area contributed by atoms with Crippen LogP contribution in [0.4, 0.5) is 35.7 Å². The van der Waals surface area contributed by atoms with E-state index in [1.807, 2.05) is 0 Å². The third-order valence-electron chi connectivity index (χ3n) is 3.86. The number of aromatic amines is 2. The van der Waals surface area contributed by atoms with Crippen LogP contribution in [0.3, 0.4) is 0 Å². The number of H-pyrrole nitrogens is 2. The number of hydrogen-bond acceptors (Lipinski definition) is 18. The Labute approximate surface area is 224 Å². The third kappa shape index (κ3) is 20.7. The number of nitrogens with zero attached hydrogens (tertiary/aromatic N) is 4. The summed E-state index contributed by atoms with van der Waals surface area (Å²) in [5.74, 6) is -5.12. The second-order valence-corrected chi connectivity index (χ2v) is 7.15. The molecular formula is C16H32N14O10. The molecule has 2 aromatic heterocycles. The number of anilines is 6. The van der Waals surface area contributed by atoms with Crippen LogP contribution in [0.15, 0.2) is 0 Å². The highest BCUT2D eigenvalue weighted by Gasteiger charge is 2.16. The molecule has 24 nitrogen and oxygen atoms in total. The van der Waals surface area contributed by atoms with Crippen molar-refractivity contribution in [2.24, 2.45) is 0 Å². The van der Waals surface area contributed by atoms with Crippen molar-refractivity contribution in [1.82, 2.24) is 19.9 Å². The lowest BCUT2D eigenvalue weighted by molar-refractivity contribution is -0.946. The third-order valence-corrected chi connectivity index (χ3v) is 3.86. The lowest BCUT2D eigenvalue weighted by atomic mass is 10.4. The van der Waals surface area contributed by atoms with Crippen molar-refractivity contribution in [3.05, 3.63) is 0 Å². The molecule has 0 aliphatic rings. The summed E-state index contributed by atoms with van der Waals surface area (Å²) in [6.45, 7) is -2.62. The quantitative estimate of drug-likeness (QED) is 0.122. The minimum atomic E-state index is -1.48. The molecule has 2 rings (SSSR count). The van der Waals surface area contributed by atoms with Gasteiger partial charge in [0.1, 0.15) is 39.3 Å². The van der Waals surface area contributed by atoms with E-state index in [0.29, 0.717) is 0 Å². The molecule has 24 heteroatoms. The van der Waals surface area contributed by atoms with Gasteiger partial charge in [-0.3, -0.25) is 0 Å². The highest BCUT2D eigenvalue weighted by Crippen LogP contribution is 1.92. The summed E-state index contributed by atoms with van der Waals surface area (Å²) >= 11 is 0. The molecule has 0 aliphatic heterocycles. The van der Waals surface area contributed by atoms with Gasteiger partial charge >= 0.3 is 35.7 Å². The standard InChI is InChI=1S/C10H16N2O8.2C3H6N6.2H2O/c13-7(14)3-11(4-8(15)16)1-2-12(5-9(17)18)6-10(19)20;2*4-1-7-2(5)9-3(6)8-1;;/h1-6H2,(H,13,14)(H,15,16)(H,17,18)(H,19,20);2*(H6,4,5,6,7,8,9);2*1H2. The van der Waals surface area contributed by atoms with Crippen LogP contribution in [-0.4, -0.2) is 94.0 Å². The summed E-state index contributed by atoms with van der Waals surface area (Å²) in [6, 6.07) is 0. The second-order valence-electron chi connectivity index (χ2n) is 7.15. The van der Waals surface area contributed by atoms with E-state index in [-0.39, 0.29) is 69.5 Å². The fraction of sp³-hybridized carbons (Fsp3) is 0.375. The maximum atomic E-state index is 10.4. The van der Waals surface area contributed by atoms with Crippen molar-refractivity contribution in [2.75, 3.05) is 73.7 Å². The molecule has 40 heavy (non-hydrogen) atoms. The first-order chi connectivity index (χ1) is 17.6. The maximum absolute atomic E-state index is 10.4. The van der Waals surface area contributed by atoms with E-state index in [9.17, 15) is 39.6 Å². The number of nitrogens with one attached hydrogen (secondary N) is 4. The Morgan fingerprint density at radius 3 is 0.875 bits per heavy atom. The number of carbonyl (C=O) groups excluding carboxylic acids is 4. The van der Waals surface area contributed by atoms with Gasteiger partial charge in [-0.05, 0) is 0 Å². The van der Waals surface area contributed by atoms with Gasteiger partial charge in [-0.1, -0.05) is 19.9 Å². The molecule has 0 saturated heterocycles. The minimum absolute atomic E-state index is 0. The fourth-order valence-corrected chi connectivity index (χ4v) is 2.57. The van der Waals surface area contributed by atoms with Crippen LogP contribution in [0.5, 0.6) is 0 Å². The molecule has 2 heterocycles. The summed E-state index contributed by atoms with van der Waals surface area (Å²) in [6.07, 6.45) is 0. The zero-order valence-electron chi connectivity index (χ0n) is 20.8. The van der Waals surface area contributed by atoms with Gasteiger partial charge < -0.3 is 94.8 Å². The lowest BCUT2D eigenvalue weighted by Gasteiger charge is -2.24. The Bertz CT molecular complexity index is 890. The van der Waals surface area contributed by atoms with E-state index in [4.69, 9.17) is 34.4 Å². The maximum Gasteiger partial charge on any atom is 0.320 e. The number of quaternary nitrogens is 2. The predicted octanol–water partition coefficient (Wildman–Crippen LogP) is -15.8. The molecule has 0 unspecified atom stereocenters. The van der Waals surface area contributed by atoms with Crippen molar-refractivity contribution in [3.63, 3.8) is 0 Å². The van der Waals surface area contributed by atoms with E-state index in [2.05, 4.69) is 29.9 Å². The predicted molar refractivity (Wildman–Crippen MR) is 122 cm³/mol. The molecule has 0 aromatic carbocycles. The smallest absolute Gasteiger partial charge is 0.320 e. The number of hydrogen-bond donors (Lipinski definition) is 8. The van der Waals surface area contributed by atoms with Crippen LogP contribution < -0.4 is 74.6 Å². The van der Waals surface area contributed by atoms with Gasteiger partial charge in [0.15, 0.2) is 0 Å². The van der Waals surface area contributed by atoms with Gasteiger partial charge in [-0.15, -0.1) is 0 Å². The zero-order chi connectivity index (χ0) is 29.4. The van der Waals surface area contributed by atoms with Crippen LogP contribution in [0, 0.1) is 0 Å². The Hall–Kier alpha value is -5.46. The van der Waals surface area contributed by atoms with Crippen LogP contribution in [0.25, 0.3) is 0 Å². The van der Waals surface area contributed by atoms with E-state index in [1.54, 1.807) is 0 Å². The molecule has 0 atom stereocenters. The fourth-order valence-electron chi connectivity index (χ4n) is 2.57. The normalized spacial score (nSPS) is 9.55. The molecule has 0 bridgehead atoms. The molecule has 20 N–H and O–H groups in total. The second kappa shape index (κ2) is 19.6. The Morgan fingerprint density at radius 1 is 0.525 bits per heavy atom. The van der Waals surface area contributed by atoms with Crippen molar-refractivity contribution in [2.45, 2.75) is 0 Å². The molecule has 2 aromatic rings. The minimum Gasteiger partial charge on any atom is -0.544 e. The Kier molecular flexibility index (Phi) is 19.2. The van der Waals surface area contributed by atoms with E-state index in [0.717, 1.165) is 0 Å². The molecule has 0 spiro atoms. The summed E-state index contributed by atoms with van der Waals surface area (Å²) in [7, 11) is 0. The first kappa shape index (κ1) is 39.1. The van der Waals surface area contributed by atoms with E-state index in [1.165, 1.54) is 0 Å². The molecule has 0 amide bonds. The first-order valence-corrected chi connectivity index (χ1v) is 10.2. The number of nitrogens with two attached hydrogens (primary N) is 6. The van der Waals surface area contributed by atoms with Gasteiger partial charge in [-0.25, -0.2) is 9.97 Å². The number of aromatic nitrogens is 6. The average Bonchev–Trinajstić information content (AvgIpc) is 2.69. The number of nitrogen functional groups attached to an aromatic ring is 6. The number of carboxylic acid groups (broad SMARTS) is 4. The van der Waals surface area contributed by atoms with Crippen molar-refractivity contribution in [3.8, 4) is 0 Å². The highest BCUT2D eigenvalue weighted by molar-refractivity contribution is 5.68. The summed E-state index contributed by atoms with van der Waals surface area (Å²) in [4.78, 5) is 60.9. The molecule has 0 fully saturated rings. The monoisotopic (exact) mass is 580 g/mol. The number of aliphatic carboxylic acids is 4. The van der Waals surface area contributed by atoms with Gasteiger partial charge in [0.25, 0.3) is 0 Å². The van der Waals surface area contributed by atoms with Crippen LogP contribution >= 0.6 is 0 Å². The first-order valence-electron chi connectivity index (χ1n) is 10.2. The zero-order valence-corrected chi connectivity index (χ0v) is 20.8. The highest BCUT2D eigenvalue weighted by atomic mass is 16.4. The summed E-state index contributed by atoms with van der Waals surface area (Å²) < 4.78 is 0. The van der Waals surface area contributed by atoms with Crippen molar-refractivity contribution in [1.29, 1.82) is 0 Å². The van der Waals surface area contributed by atoms with Gasteiger partial charge in [0.2, 0.25) is 0 Å². The van der Waals surface area contributed by atoms with Gasteiger partial charge in [-0.2, -0.15) is 0 Å². The summed E-state index contributed by atoms with van der Waals surface area (Å²) in [5.41, 5.74) is 31.1. The SMILES string of the molecule is Nc1nc(N)[nH+]c(N)n1.Nc1nc(N)[nH+]c(N)n1.O.O.O=C([O-])C[NH+](CC[NH+](CC(=O)[O-])CC(=O)[O-])CC(=O)[O-]. The van der Waals surface area contributed by atoms with Crippen LogP contribution in [0.2, 0.25) is 0 Å². The van der Waals surface area contributed by atoms with E-state index >= 15 is 0 Å². The Morgan fingerprint density at radius 2 is 0.725 bits per heavy atom. The van der Waals surface area contributed by atoms with Crippen LogP contribution in [-0.2, 0) is 19.2 Å². The van der Waals surface area contributed by atoms with Crippen LogP contribution in [0.1, 0.15) is 0 Å². The number of carbonyl (C=O) groups is 4. The van der Waals surface area contributed by atoms with Crippen molar-refractivity contribution >= 4 is 59.6 Å². The van der Waals surface area contributed by atoms with Crippen molar-refractivity contribution < 1.29 is 70.3 Å². The topological polar surface area (TPSA) is 468 Å². The average molecular weight is 581 g/mol. The lowest BCUT2D eigenvalue weighted by Crippen LogP contribution is -3.22. The van der Waals surface area contributed by atoms with Gasteiger partial charge in [0.05, 0.1) is 23.9 Å². The molecular weight excluding hydrogens is 548 g/mol.